The Balaban J connectivity index is 2.23. The molecule has 0 radical (unpaired) electrons. The molecule has 2 aromatic heterocycles. The van der Waals surface area contributed by atoms with Gasteiger partial charge in [-0.25, -0.2) is 4.98 Å². The molecule has 0 bridgehead atoms. The molecule has 2 aromatic rings. The molecule has 7 heteroatoms. The molecule has 0 saturated carbocycles. The third-order valence-corrected chi connectivity index (χ3v) is 3.32. The maximum absolute atomic E-state index is 12.4. The van der Waals surface area contributed by atoms with E-state index >= 15 is 0 Å². The summed E-state index contributed by atoms with van der Waals surface area (Å²) in [6.45, 7) is 6.20. The van der Waals surface area contributed by atoms with E-state index in [9.17, 15) is 9.59 Å². The Morgan fingerprint density at radius 2 is 2.00 bits per heavy atom. The molecule has 0 spiro atoms. The van der Waals surface area contributed by atoms with E-state index in [-0.39, 0.29) is 18.4 Å². The van der Waals surface area contributed by atoms with Crippen LogP contribution in [0.5, 0.6) is 0 Å². The number of carbonyl (C=O) groups is 2. The lowest BCUT2D eigenvalue weighted by Crippen LogP contribution is -2.37. The summed E-state index contributed by atoms with van der Waals surface area (Å²) in [7, 11) is 1.79. The zero-order chi connectivity index (χ0) is 16.3. The van der Waals surface area contributed by atoms with Crippen LogP contribution in [-0.4, -0.2) is 39.7 Å². The summed E-state index contributed by atoms with van der Waals surface area (Å²) < 4.78 is 1.66. The van der Waals surface area contributed by atoms with Crippen LogP contribution in [0.4, 0.5) is 0 Å². The van der Waals surface area contributed by atoms with Gasteiger partial charge < -0.3 is 10.6 Å². The van der Waals surface area contributed by atoms with Crippen LogP contribution in [0, 0.1) is 13.8 Å². The predicted octanol–water partition coefficient (Wildman–Crippen LogP) is 0.841. The molecule has 0 atom stereocenters. The number of nitrogens with one attached hydrogen (secondary N) is 2. The number of aromatic nitrogens is 3. The quantitative estimate of drug-likeness (QED) is 0.856. The van der Waals surface area contributed by atoms with Crippen LogP contribution in [0.25, 0.3) is 11.0 Å². The Labute approximate surface area is 129 Å². The second-order valence-electron chi connectivity index (χ2n) is 5.25. The largest absolute Gasteiger partial charge is 0.355 e. The lowest BCUT2D eigenvalue weighted by Gasteiger charge is -2.08. The average Bonchev–Trinajstić information content (AvgIpc) is 2.76. The minimum atomic E-state index is -0.293. The number of hydrogen-bond donors (Lipinski definition) is 2. The minimum absolute atomic E-state index is 0.0407. The van der Waals surface area contributed by atoms with Gasteiger partial charge in [-0.2, -0.15) is 5.10 Å². The fraction of sp³-hybridized carbons (Fsp3) is 0.467. The Hall–Kier alpha value is -2.44. The van der Waals surface area contributed by atoms with Crippen molar-refractivity contribution in [3.63, 3.8) is 0 Å². The van der Waals surface area contributed by atoms with Crippen molar-refractivity contribution in [2.75, 3.05) is 13.1 Å². The molecule has 0 aliphatic rings. The first-order chi connectivity index (χ1) is 10.4. The lowest BCUT2D eigenvalue weighted by atomic mass is 10.1. The Bertz CT molecular complexity index is 720. The van der Waals surface area contributed by atoms with Gasteiger partial charge in [0.2, 0.25) is 5.91 Å². The number of pyridine rings is 1. The summed E-state index contributed by atoms with van der Waals surface area (Å²) in [6.07, 6.45) is 0.860. The summed E-state index contributed by atoms with van der Waals surface area (Å²) >= 11 is 0. The maximum atomic E-state index is 12.4. The summed E-state index contributed by atoms with van der Waals surface area (Å²) in [5.41, 5.74) is 2.64. The molecule has 22 heavy (non-hydrogen) atoms. The van der Waals surface area contributed by atoms with Crippen molar-refractivity contribution >= 4 is 22.8 Å². The molecule has 2 rings (SSSR count). The minimum Gasteiger partial charge on any atom is -0.355 e. The van der Waals surface area contributed by atoms with Gasteiger partial charge in [-0.1, -0.05) is 6.92 Å². The fourth-order valence-electron chi connectivity index (χ4n) is 2.33. The van der Waals surface area contributed by atoms with Crippen molar-refractivity contribution < 1.29 is 9.59 Å². The van der Waals surface area contributed by atoms with Crippen LogP contribution in [0.15, 0.2) is 6.07 Å². The summed E-state index contributed by atoms with van der Waals surface area (Å²) in [5.74, 6) is -0.488. The topological polar surface area (TPSA) is 88.9 Å². The van der Waals surface area contributed by atoms with Crippen LogP contribution >= 0.6 is 0 Å². The van der Waals surface area contributed by atoms with Gasteiger partial charge in [-0.05, 0) is 26.3 Å². The Morgan fingerprint density at radius 3 is 2.68 bits per heavy atom. The number of carbonyl (C=O) groups excluding carboxylic acids is 2. The van der Waals surface area contributed by atoms with Crippen LogP contribution in [0.2, 0.25) is 0 Å². The average molecular weight is 303 g/mol. The summed E-state index contributed by atoms with van der Waals surface area (Å²) in [4.78, 5) is 28.4. The van der Waals surface area contributed by atoms with Crippen LogP contribution in [-0.2, 0) is 11.8 Å². The van der Waals surface area contributed by atoms with Crippen molar-refractivity contribution in [2.45, 2.75) is 27.2 Å². The van der Waals surface area contributed by atoms with Gasteiger partial charge in [-0.3, -0.25) is 14.3 Å². The first kappa shape index (κ1) is 15.9. The predicted molar refractivity (Wildman–Crippen MR) is 83.6 cm³/mol. The maximum Gasteiger partial charge on any atom is 0.252 e. The van der Waals surface area contributed by atoms with E-state index in [4.69, 9.17) is 0 Å². The molecular formula is C15H21N5O2. The molecule has 2 heterocycles. The number of amides is 2. The zero-order valence-corrected chi connectivity index (χ0v) is 13.4. The third-order valence-electron chi connectivity index (χ3n) is 3.32. The molecule has 7 nitrogen and oxygen atoms in total. The summed E-state index contributed by atoms with van der Waals surface area (Å²) in [5, 5.41) is 10.4. The number of hydrogen-bond acceptors (Lipinski definition) is 4. The van der Waals surface area contributed by atoms with Crippen LogP contribution < -0.4 is 10.6 Å². The SMILES string of the molecule is CCCNC(=O)CNC(=O)c1cc(C)nc2c1c(C)nn2C. The smallest absolute Gasteiger partial charge is 0.252 e. The fourth-order valence-corrected chi connectivity index (χ4v) is 2.33. The second kappa shape index (κ2) is 6.55. The van der Waals surface area contributed by atoms with E-state index in [1.54, 1.807) is 17.8 Å². The van der Waals surface area contributed by atoms with Crippen molar-refractivity contribution in [2.24, 2.45) is 7.05 Å². The number of fused-ring (bicyclic) bond motifs is 1. The number of aryl methyl sites for hydroxylation is 3. The van der Waals surface area contributed by atoms with Gasteiger partial charge in [-0.15, -0.1) is 0 Å². The highest BCUT2D eigenvalue weighted by Gasteiger charge is 2.18. The molecule has 118 valence electrons. The van der Waals surface area contributed by atoms with Gasteiger partial charge in [0.25, 0.3) is 5.91 Å². The first-order valence-corrected chi connectivity index (χ1v) is 7.30. The Kier molecular flexibility index (Phi) is 4.75. The molecule has 0 aliphatic carbocycles. The monoisotopic (exact) mass is 303 g/mol. The molecule has 0 fully saturated rings. The van der Waals surface area contributed by atoms with Crippen molar-refractivity contribution in [1.29, 1.82) is 0 Å². The van der Waals surface area contributed by atoms with Gasteiger partial charge in [0.05, 0.1) is 23.2 Å². The highest BCUT2D eigenvalue weighted by Crippen LogP contribution is 2.21. The van der Waals surface area contributed by atoms with Crippen molar-refractivity contribution in [3.05, 3.63) is 23.0 Å². The van der Waals surface area contributed by atoms with Crippen LogP contribution in [0.1, 0.15) is 35.1 Å². The normalized spacial score (nSPS) is 10.7. The van der Waals surface area contributed by atoms with E-state index in [0.29, 0.717) is 17.8 Å². The van der Waals surface area contributed by atoms with Crippen molar-refractivity contribution in [3.8, 4) is 0 Å². The highest BCUT2D eigenvalue weighted by molar-refractivity contribution is 6.07. The molecule has 0 aliphatic heterocycles. The van der Waals surface area contributed by atoms with E-state index < -0.39 is 0 Å². The van der Waals surface area contributed by atoms with Crippen molar-refractivity contribution in [1.82, 2.24) is 25.4 Å². The standard InChI is InChI=1S/C15H21N5O2/c1-5-6-16-12(21)8-17-15(22)11-7-9(2)18-14-13(11)10(3)19-20(14)4/h7H,5-6,8H2,1-4H3,(H,16,21)(H,17,22). The molecule has 0 aromatic carbocycles. The summed E-state index contributed by atoms with van der Waals surface area (Å²) in [6, 6.07) is 1.72. The van der Waals surface area contributed by atoms with E-state index in [1.807, 2.05) is 20.8 Å². The van der Waals surface area contributed by atoms with Gasteiger partial charge in [0.15, 0.2) is 5.65 Å². The van der Waals surface area contributed by atoms with Crippen LogP contribution in [0.3, 0.4) is 0 Å². The van der Waals surface area contributed by atoms with E-state index in [0.717, 1.165) is 23.2 Å². The van der Waals surface area contributed by atoms with E-state index in [2.05, 4.69) is 20.7 Å². The molecule has 2 N–H and O–H groups in total. The molecule has 2 amide bonds. The van der Waals surface area contributed by atoms with E-state index in [1.165, 1.54) is 0 Å². The number of rotatable bonds is 5. The number of nitrogens with zero attached hydrogens (tertiary/aromatic N) is 3. The first-order valence-electron chi connectivity index (χ1n) is 7.30. The third kappa shape index (κ3) is 3.24. The second-order valence-corrected chi connectivity index (χ2v) is 5.25. The van der Waals surface area contributed by atoms with Gasteiger partial charge >= 0.3 is 0 Å². The molecule has 0 saturated heterocycles. The molecule has 0 unspecified atom stereocenters. The van der Waals surface area contributed by atoms with Gasteiger partial charge in [0, 0.05) is 19.3 Å². The van der Waals surface area contributed by atoms with Gasteiger partial charge in [0.1, 0.15) is 0 Å². The highest BCUT2D eigenvalue weighted by atomic mass is 16.2. The Morgan fingerprint density at radius 1 is 1.27 bits per heavy atom. The molecular weight excluding hydrogens is 282 g/mol. The lowest BCUT2D eigenvalue weighted by molar-refractivity contribution is -0.120. The zero-order valence-electron chi connectivity index (χ0n) is 13.4.